The molecular formula is C25H20Cl2N2O2. The van der Waals surface area contributed by atoms with Crippen molar-refractivity contribution < 1.29 is 9.53 Å². The molecule has 1 aliphatic heterocycles. The molecule has 1 amide bonds. The quantitative estimate of drug-likeness (QED) is 0.462. The molecule has 0 unspecified atom stereocenters. The van der Waals surface area contributed by atoms with Gasteiger partial charge in [-0.25, -0.2) is 0 Å². The van der Waals surface area contributed by atoms with E-state index in [2.05, 4.69) is 6.07 Å². The molecule has 6 heteroatoms. The van der Waals surface area contributed by atoms with Gasteiger partial charge >= 0.3 is 0 Å². The fourth-order valence-electron chi connectivity index (χ4n) is 3.95. The monoisotopic (exact) mass is 450 g/mol. The molecule has 1 fully saturated rings. The fraction of sp³-hybridized carbons (Fsp3) is 0.200. The van der Waals surface area contributed by atoms with Crippen LogP contribution in [0.15, 0.2) is 78.9 Å². The topological polar surface area (TPSA) is 53.3 Å². The molecule has 1 aliphatic rings. The Morgan fingerprint density at radius 3 is 2.45 bits per heavy atom. The first kappa shape index (κ1) is 21.2. The number of hydrogen-bond donors (Lipinski definition) is 0. The zero-order valence-corrected chi connectivity index (χ0v) is 18.2. The summed E-state index contributed by atoms with van der Waals surface area (Å²) in [6.07, 6.45) is 0.283. The van der Waals surface area contributed by atoms with Crippen molar-refractivity contribution in [3.05, 3.63) is 101 Å². The maximum atomic E-state index is 13.4. The second-order valence-electron chi connectivity index (χ2n) is 7.47. The lowest BCUT2D eigenvalue weighted by Gasteiger charge is -2.34. The number of rotatable bonds is 5. The molecule has 2 atom stereocenters. The van der Waals surface area contributed by atoms with Crippen LogP contribution in [0.3, 0.4) is 0 Å². The van der Waals surface area contributed by atoms with Crippen LogP contribution >= 0.6 is 23.2 Å². The maximum Gasteiger partial charge on any atom is 0.255 e. The van der Waals surface area contributed by atoms with Crippen molar-refractivity contribution in [3.63, 3.8) is 0 Å². The molecule has 4 rings (SSSR count). The summed E-state index contributed by atoms with van der Waals surface area (Å²) in [6.45, 7) is 0.585. The standard InChI is InChI=1S/C25H20Cl2N2O2/c26-20-11-12-23(31-16-18-7-3-1-4-8-18)22(13-20)25(17-28)14-21(27)15-29(25)24(30)19-9-5-2-6-10-19/h1-13,21H,14-16H2/t21-,25-/m1/s1. The predicted molar refractivity (Wildman–Crippen MR) is 121 cm³/mol. The van der Waals surface area contributed by atoms with Crippen molar-refractivity contribution in [2.75, 3.05) is 6.54 Å². The van der Waals surface area contributed by atoms with Crippen LogP contribution in [0, 0.1) is 11.3 Å². The number of nitriles is 1. The molecule has 0 saturated carbocycles. The molecule has 0 aliphatic carbocycles. The van der Waals surface area contributed by atoms with Gasteiger partial charge in [-0.2, -0.15) is 5.26 Å². The first-order chi connectivity index (χ1) is 15.0. The highest BCUT2D eigenvalue weighted by atomic mass is 35.5. The van der Waals surface area contributed by atoms with Gasteiger partial charge in [0.15, 0.2) is 5.54 Å². The molecule has 156 valence electrons. The Kier molecular flexibility index (Phi) is 6.18. The van der Waals surface area contributed by atoms with Crippen LogP contribution in [0.25, 0.3) is 0 Å². The van der Waals surface area contributed by atoms with Crippen LogP contribution in [0.4, 0.5) is 0 Å². The van der Waals surface area contributed by atoms with Crippen LogP contribution in [-0.2, 0) is 12.1 Å². The lowest BCUT2D eigenvalue weighted by atomic mass is 9.87. The van der Waals surface area contributed by atoms with E-state index >= 15 is 0 Å². The predicted octanol–water partition coefficient (Wildman–Crippen LogP) is 5.79. The average molecular weight is 451 g/mol. The number of hydrogen-bond acceptors (Lipinski definition) is 3. The Bertz CT molecular complexity index is 1120. The minimum atomic E-state index is -1.28. The normalized spacial score (nSPS) is 20.3. The Hall–Kier alpha value is -3.00. The van der Waals surface area contributed by atoms with E-state index in [0.717, 1.165) is 5.56 Å². The molecule has 4 nitrogen and oxygen atoms in total. The molecule has 0 radical (unpaired) electrons. The smallest absolute Gasteiger partial charge is 0.255 e. The Morgan fingerprint density at radius 2 is 1.77 bits per heavy atom. The van der Waals surface area contributed by atoms with Crippen molar-refractivity contribution in [2.45, 2.75) is 23.9 Å². The van der Waals surface area contributed by atoms with Crippen molar-refractivity contribution in [3.8, 4) is 11.8 Å². The summed E-state index contributed by atoms with van der Waals surface area (Å²) < 4.78 is 6.10. The summed E-state index contributed by atoms with van der Waals surface area (Å²) in [5, 5.41) is 10.4. The van der Waals surface area contributed by atoms with Gasteiger partial charge in [0.25, 0.3) is 5.91 Å². The van der Waals surface area contributed by atoms with Gasteiger partial charge in [-0.15, -0.1) is 11.6 Å². The number of likely N-dealkylation sites (tertiary alicyclic amines) is 1. The summed E-state index contributed by atoms with van der Waals surface area (Å²) in [6, 6.07) is 26.2. The second kappa shape index (κ2) is 9.01. The van der Waals surface area contributed by atoms with Crippen molar-refractivity contribution in [2.24, 2.45) is 0 Å². The minimum Gasteiger partial charge on any atom is -0.488 e. The van der Waals surface area contributed by atoms with Gasteiger partial charge < -0.3 is 9.64 Å². The Balaban J connectivity index is 1.75. The van der Waals surface area contributed by atoms with E-state index in [4.69, 9.17) is 27.9 Å². The number of ether oxygens (including phenoxy) is 1. The Labute approximate surface area is 191 Å². The van der Waals surface area contributed by atoms with E-state index in [-0.39, 0.29) is 24.2 Å². The van der Waals surface area contributed by atoms with Crippen LogP contribution in [0.5, 0.6) is 5.75 Å². The first-order valence-corrected chi connectivity index (χ1v) is 10.7. The largest absolute Gasteiger partial charge is 0.488 e. The minimum absolute atomic E-state index is 0.251. The van der Waals surface area contributed by atoms with Gasteiger partial charge in [-0.1, -0.05) is 60.1 Å². The lowest BCUT2D eigenvalue weighted by Crippen LogP contribution is -2.44. The fourth-order valence-corrected chi connectivity index (χ4v) is 4.48. The number of alkyl halides is 1. The van der Waals surface area contributed by atoms with Gasteiger partial charge in [0.05, 0.1) is 11.4 Å². The van der Waals surface area contributed by atoms with Crippen LogP contribution < -0.4 is 4.74 Å². The zero-order valence-electron chi connectivity index (χ0n) is 16.7. The molecule has 31 heavy (non-hydrogen) atoms. The van der Waals surface area contributed by atoms with Gasteiger partial charge in [-0.3, -0.25) is 4.79 Å². The van der Waals surface area contributed by atoms with E-state index in [1.54, 1.807) is 47.4 Å². The summed E-state index contributed by atoms with van der Waals surface area (Å²) >= 11 is 12.8. The number of halogens is 2. The van der Waals surface area contributed by atoms with Crippen LogP contribution in [0.2, 0.25) is 5.02 Å². The maximum absolute atomic E-state index is 13.4. The zero-order chi connectivity index (χ0) is 21.8. The van der Waals surface area contributed by atoms with Gasteiger partial charge in [-0.05, 0) is 35.9 Å². The summed E-state index contributed by atoms with van der Waals surface area (Å²) in [5.74, 6) is 0.255. The van der Waals surface area contributed by atoms with E-state index < -0.39 is 5.54 Å². The number of benzene rings is 3. The molecule has 0 aromatic heterocycles. The molecule has 1 saturated heterocycles. The molecule has 0 bridgehead atoms. The highest BCUT2D eigenvalue weighted by molar-refractivity contribution is 6.30. The number of carbonyl (C=O) groups excluding carboxylic acids is 1. The highest BCUT2D eigenvalue weighted by Crippen LogP contribution is 2.45. The molecule has 1 heterocycles. The SMILES string of the molecule is N#C[C@@]1(c2cc(Cl)ccc2OCc2ccccc2)C[C@@H](Cl)CN1C(=O)c1ccccc1. The molecule has 3 aromatic rings. The van der Waals surface area contributed by atoms with E-state index in [1.165, 1.54) is 0 Å². The van der Waals surface area contributed by atoms with Gasteiger partial charge in [0.2, 0.25) is 0 Å². The number of carbonyl (C=O) groups is 1. The van der Waals surface area contributed by atoms with E-state index in [9.17, 15) is 10.1 Å². The molecular weight excluding hydrogens is 431 g/mol. The van der Waals surface area contributed by atoms with Crippen LogP contribution in [0.1, 0.15) is 27.9 Å². The third kappa shape index (κ3) is 4.25. The van der Waals surface area contributed by atoms with Crippen LogP contribution in [-0.4, -0.2) is 22.7 Å². The lowest BCUT2D eigenvalue weighted by molar-refractivity contribution is 0.0666. The second-order valence-corrected chi connectivity index (χ2v) is 8.52. The average Bonchev–Trinajstić information content (AvgIpc) is 3.16. The van der Waals surface area contributed by atoms with E-state index in [0.29, 0.717) is 28.5 Å². The number of amides is 1. The van der Waals surface area contributed by atoms with E-state index in [1.807, 2.05) is 36.4 Å². The van der Waals surface area contributed by atoms with Crippen molar-refractivity contribution >= 4 is 29.1 Å². The third-order valence-corrected chi connectivity index (χ3v) is 5.96. The summed E-state index contributed by atoms with van der Waals surface area (Å²) in [7, 11) is 0. The Morgan fingerprint density at radius 1 is 1.10 bits per heavy atom. The van der Waals surface area contributed by atoms with Gasteiger partial charge in [0, 0.05) is 29.1 Å². The molecule has 0 spiro atoms. The summed E-state index contributed by atoms with van der Waals surface area (Å²) in [5.41, 5.74) is 0.761. The third-order valence-electron chi connectivity index (χ3n) is 5.43. The molecule has 0 N–H and O–H groups in total. The van der Waals surface area contributed by atoms with Crippen molar-refractivity contribution in [1.82, 2.24) is 4.90 Å². The molecule has 3 aromatic carbocycles. The van der Waals surface area contributed by atoms with Gasteiger partial charge in [0.1, 0.15) is 12.4 Å². The first-order valence-electron chi connectivity index (χ1n) is 9.92. The summed E-state index contributed by atoms with van der Waals surface area (Å²) in [4.78, 5) is 14.9. The highest BCUT2D eigenvalue weighted by Gasteiger charge is 2.51. The van der Waals surface area contributed by atoms with Crippen molar-refractivity contribution in [1.29, 1.82) is 5.26 Å². The number of nitrogens with zero attached hydrogens (tertiary/aromatic N) is 2.